The Morgan fingerprint density at radius 3 is 2.06 bits per heavy atom. The van der Waals surface area contributed by atoms with Gasteiger partial charge in [0.05, 0.1) is 0 Å². The minimum atomic E-state index is 0.870. The lowest BCUT2D eigenvalue weighted by atomic mass is 9.91. The highest BCUT2D eigenvalue weighted by Gasteiger charge is 2.16. The van der Waals surface area contributed by atoms with E-state index in [2.05, 4.69) is 13.3 Å². The van der Waals surface area contributed by atoms with Crippen molar-refractivity contribution in [3.05, 3.63) is 6.42 Å². The van der Waals surface area contributed by atoms with Gasteiger partial charge in [-0.25, -0.2) is 0 Å². The van der Waals surface area contributed by atoms with Crippen molar-refractivity contribution in [2.75, 3.05) is 0 Å². The highest BCUT2D eigenvalue weighted by atomic mass is 14.2. The van der Waals surface area contributed by atoms with E-state index in [0.717, 1.165) is 17.8 Å². The molecule has 0 heterocycles. The van der Waals surface area contributed by atoms with E-state index in [9.17, 15) is 0 Å². The Morgan fingerprint density at radius 2 is 1.44 bits per heavy atom. The van der Waals surface area contributed by atoms with Crippen molar-refractivity contribution in [2.24, 2.45) is 17.8 Å². The van der Waals surface area contributed by atoms with Crippen LogP contribution in [-0.2, 0) is 0 Å². The Kier molecular flexibility index (Phi) is 6.59. The third-order valence-corrected chi connectivity index (χ3v) is 5.37. The lowest BCUT2D eigenvalue weighted by molar-refractivity contribution is 0.425. The molecule has 0 heteroatoms. The molecule has 0 aromatic heterocycles. The Hall–Kier alpha value is 0. The Bertz CT molecular complexity index is 196. The fourth-order valence-electron chi connectivity index (χ4n) is 4.02. The van der Waals surface area contributed by atoms with Gasteiger partial charge < -0.3 is 0 Å². The van der Waals surface area contributed by atoms with Crippen LogP contribution < -0.4 is 0 Å². The lowest BCUT2D eigenvalue weighted by Gasteiger charge is -2.15. The smallest absolute Gasteiger partial charge is 0.0358 e. The third kappa shape index (κ3) is 5.33. The van der Waals surface area contributed by atoms with Gasteiger partial charge in [0, 0.05) is 0 Å². The SMILES string of the molecule is CC([CH]CCCC1CCCC1)CCC1CCCC1. The van der Waals surface area contributed by atoms with Crippen LogP contribution in [0.25, 0.3) is 0 Å². The summed E-state index contributed by atoms with van der Waals surface area (Å²) in [6.45, 7) is 2.44. The maximum atomic E-state index is 2.61. The molecule has 105 valence electrons. The van der Waals surface area contributed by atoms with Gasteiger partial charge in [-0.05, 0) is 30.6 Å². The quantitative estimate of drug-likeness (QED) is 0.452. The van der Waals surface area contributed by atoms with E-state index in [-0.39, 0.29) is 0 Å². The lowest BCUT2D eigenvalue weighted by Crippen LogP contribution is -2.01. The van der Waals surface area contributed by atoms with Gasteiger partial charge in [0.2, 0.25) is 0 Å². The zero-order chi connectivity index (χ0) is 12.6. The van der Waals surface area contributed by atoms with Crippen LogP contribution in [0.3, 0.4) is 0 Å². The summed E-state index contributed by atoms with van der Waals surface area (Å²) in [5.41, 5.74) is 0. The number of rotatable bonds is 8. The summed E-state index contributed by atoms with van der Waals surface area (Å²) in [6, 6.07) is 0. The van der Waals surface area contributed by atoms with E-state index in [1.54, 1.807) is 0 Å². The van der Waals surface area contributed by atoms with E-state index in [4.69, 9.17) is 0 Å². The average Bonchev–Trinajstić information content (AvgIpc) is 3.04. The van der Waals surface area contributed by atoms with Crippen LogP contribution in [0.1, 0.15) is 90.4 Å². The summed E-state index contributed by atoms with van der Waals surface area (Å²) >= 11 is 0. The summed E-state index contributed by atoms with van der Waals surface area (Å²) in [6.07, 6.45) is 22.0. The second kappa shape index (κ2) is 8.23. The van der Waals surface area contributed by atoms with Gasteiger partial charge in [0.1, 0.15) is 0 Å². The first-order chi connectivity index (χ1) is 8.84. The molecule has 0 saturated heterocycles. The van der Waals surface area contributed by atoms with Gasteiger partial charge in [-0.1, -0.05) is 84.0 Å². The first-order valence-electron chi connectivity index (χ1n) is 8.68. The predicted octanol–water partition coefficient (Wildman–Crippen LogP) is 6.16. The molecule has 2 aliphatic rings. The molecular weight excluding hydrogens is 216 g/mol. The standard InChI is InChI=1S/C18H33/c1-16(14-15-18-12-6-7-13-18)8-2-3-9-17-10-4-5-11-17/h8,16-18H,2-7,9-15H2,1H3. The molecule has 2 fully saturated rings. The number of unbranched alkanes of at least 4 members (excludes halogenated alkanes) is 1. The van der Waals surface area contributed by atoms with Gasteiger partial charge in [-0.3, -0.25) is 0 Å². The second-order valence-corrected chi connectivity index (χ2v) is 7.02. The van der Waals surface area contributed by atoms with Gasteiger partial charge >= 0.3 is 0 Å². The predicted molar refractivity (Wildman–Crippen MR) is 80.5 cm³/mol. The molecule has 1 radical (unpaired) electrons. The zero-order valence-corrected chi connectivity index (χ0v) is 12.5. The molecular formula is C18H33. The zero-order valence-electron chi connectivity index (χ0n) is 12.5. The van der Waals surface area contributed by atoms with E-state index in [1.807, 2.05) is 0 Å². The summed E-state index contributed by atoms with van der Waals surface area (Å²) in [5, 5.41) is 0. The van der Waals surface area contributed by atoms with Crippen LogP contribution in [0.5, 0.6) is 0 Å². The Labute approximate surface area is 115 Å². The van der Waals surface area contributed by atoms with Crippen molar-refractivity contribution < 1.29 is 0 Å². The molecule has 2 rings (SSSR count). The fourth-order valence-corrected chi connectivity index (χ4v) is 4.02. The van der Waals surface area contributed by atoms with Crippen molar-refractivity contribution in [1.29, 1.82) is 0 Å². The monoisotopic (exact) mass is 249 g/mol. The van der Waals surface area contributed by atoms with Crippen LogP contribution >= 0.6 is 0 Å². The molecule has 0 aromatic carbocycles. The minimum absolute atomic E-state index is 0.870. The van der Waals surface area contributed by atoms with Crippen molar-refractivity contribution in [2.45, 2.75) is 90.4 Å². The molecule has 0 aliphatic heterocycles. The van der Waals surface area contributed by atoms with Gasteiger partial charge in [-0.15, -0.1) is 0 Å². The summed E-state index contributed by atoms with van der Waals surface area (Å²) in [5.74, 6) is 3.04. The molecule has 0 aromatic rings. The highest BCUT2D eigenvalue weighted by Crippen LogP contribution is 2.31. The highest BCUT2D eigenvalue weighted by molar-refractivity contribution is 4.76. The third-order valence-electron chi connectivity index (χ3n) is 5.37. The average molecular weight is 249 g/mol. The van der Waals surface area contributed by atoms with Crippen molar-refractivity contribution in [3.8, 4) is 0 Å². The molecule has 0 spiro atoms. The molecule has 1 unspecified atom stereocenters. The molecule has 2 aliphatic carbocycles. The Morgan fingerprint density at radius 1 is 0.889 bits per heavy atom. The molecule has 1 atom stereocenters. The van der Waals surface area contributed by atoms with Gasteiger partial charge in [0.15, 0.2) is 0 Å². The van der Waals surface area contributed by atoms with Crippen molar-refractivity contribution in [1.82, 2.24) is 0 Å². The van der Waals surface area contributed by atoms with Crippen molar-refractivity contribution in [3.63, 3.8) is 0 Å². The van der Waals surface area contributed by atoms with Gasteiger partial charge in [-0.2, -0.15) is 0 Å². The largest absolute Gasteiger partial charge is 0.0622 e. The maximum Gasteiger partial charge on any atom is -0.0358 e. The summed E-state index contributed by atoms with van der Waals surface area (Å²) in [7, 11) is 0. The first-order valence-corrected chi connectivity index (χ1v) is 8.68. The molecule has 2 saturated carbocycles. The normalized spacial score (nSPS) is 23.8. The van der Waals surface area contributed by atoms with Crippen LogP contribution in [0.15, 0.2) is 0 Å². The fraction of sp³-hybridized carbons (Fsp3) is 0.944. The van der Waals surface area contributed by atoms with Crippen LogP contribution in [0.2, 0.25) is 0 Å². The van der Waals surface area contributed by atoms with E-state index in [1.165, 1.54) is 83.5 Å². The van der Waals surface area contributed by atoms with Crippen LogP contribution in [-0.4, -0.2) is 0 Å². The summed E-state index contributed by atoms with van der Waals surface area (Å²) < 4.78 is 0. The van der Waals surface area contributed by atoms with Crippen LogP contribution in [0.4, 0.5) is 0 Å². The van der Waals surface area contributed by atoms with Crippen molar-refractivity contribution >= 4 is 0 Å². The minimum Gasteiger partial charge on any atom is -0.0622 e. The topological polar surface area (TPSA) is 0 Å². The second-order valence-electron chi connectivity index (χ2n) is 7.02. The molecule has 0 N–H and O–H groups in total. The number of hydrogen-bond acceptors (Lipinski definition) is 0. The van der Waals surface area contributed by atoms with E-state index < -0.39 is 0 Å². The van der Waals surface area contributed by atoms with Gasteiger partial charge in [0.25, 0.3) is 0 Å². The molecule has 0 bridgehead atoms. The Balaban J connectivity index is 1.42. The summed E-state index contributed by atoms with van der Waals surface area (Å²) in [4.78, 5) is 0. The number of hydrogen-bond donors (Lipinski definition) is 0. The van der Waals surface area contributed by atoms with E-state index >= 15 is 0 Å². The van der Waals surface area contributed by atoms with E-state index in [0.29, 0.717) is 0 Å². The molecule has 0 amide bonds. The maximum absolute atomic E-state index is 2.61. The van der Waals surface area contributed by atoms with Crippen LogP contribution in [0, 0.1) is 24.2 Å². The molecule has 18 heavy (non-hydrogen) atoms. The first kappa shape index (κ1) is 14.4. The molecule has 0 nitrogen and oxygen atoms in total.